The lowest BCUT2D eigenvalue weighted by Crippen LogP contribution is -2.27. The van der Waals surface area contributed by atoms with Crippen molar-refractivity contribution in [2.75, 3.05) is 11.7 Å². The SMILES string of the molecule is CCOC(=O)N(O)c1ccc(/C=C\c2ccccc2)cc1. The van der Waals surface area contributed by atoms with Crippen molar-refractivity contribution in [1.29, 1.82) is 0 Å². The van der Waals surface area contributed by atoms with Crippen LogP contribution in [0.1, 0.15) is 18.1 Å². The van der Waals surface area contributed by atoms with Crippen molar-refractivity contribution in [3.8, 4) is 0 Å². The zero-order chi connectivity index (χ0) is 15.1. The summed E-state index contributed by atoms with van der Waals surface area (Å²) in [4.78, 5) is 11.4. The number of carbonyl (C=O) groups excluding carboxylic acids is 1. The zero-order valence-corrected chi connectivity index (χ0v) is 11.8. The molecule has 1 N–H and O–H groups in total. The highest BCUT2D eigenvalue weighted by atomic mass is 16.6. The van der Waals surface area contributed by atoms with Gasteiger partial charge in [0, 0.05) is 0 Å². The van der Waals surface area contributed by atoms with E-state index in [9.17, 15) is 10.0 Å². The summed E-state index contributed by atoms with van der Waals surface area (Å²) in [5.41, 5.74) is 2.45. The summed E-state index contributed by atoms with van der Waals surface area (Å²) >= 11 is 0. The van der Waals surface area contributed by atoms with Crippen LogP contribution in [0.4, 0.5) is 10.5 Å². The predicted molar refractivity (Wildman–Crippen MR) is 83.1 cm³/mol. The summed E-state index contributed by atoms with van der Waals surface area (Å²) < 4.78 is 4.72. The minimum absolute atomic E-state index is 0.216. The van der Waals surface area contributed by atoms with Gasteiger partial charge in [-0.1, -0.05) is 54.6 Å². The van der Waals surface area contributed by atoms with E-state index in [1.807, 2.05) is 54.6 Å². The smallest absolute Gasteiger partial charge is 0.438 e. The fraction of sp³-hybridized carbons (Fsp3) is 0.118. The second kappa shape index (κ2) is 7.26. The van der Waals surface area contributed by atoms with Crippen LogP contribution in [0, 0.1) is 0 Å². The quantitative estimate of drug-likeness (QED) is 0.519. The molecule has 0 fully saturated rings. The second-order valence-corrected chi connectivity index (χ2v) is 4.35. The van der Waals surface area contributed by atoms with Crippen LogP contribution in [0.25, 0.3) is 12.2 Å². The molecule has 0 aliphatic heterocycles. The van der Waals surface area contributed by atoms with E-state index in [0.717, 1.165) is 11.1 Å². The minimum atomic E-state index is -0.787. The molecule has 108 valence electrons. The van der Waals surface area contributed by atoms with Crippen LogP contribution in [0.15, 0.2) is 54.6 Å². The average Bonchev–Trinajstić information content (AvgIpc) is 2.54. The predicted octanol–water partition coefficient (Wildman–Crippen LogP) is 4.21. The number of hydrogen-bond donors (Lipinski definition) is 1. The molecule has 0 saturated carbocycles. The van der Waals surface area contributed by atoms with Crippen LogP contribution >= 0.6 is 0 Å². The van der Waals surface area contributed by atoms with Crippen molar-refractivity contribution >= 4 is 23.9 Å². The first-order chi connectivity index (χ1) is 10.2. The van der Waals surface area contributed by atoms with E-state index in [4.69, 9.17) is 4.74 Å². The zero-order valence-electron chi connectivity index (χ0n) is 11.8. The van der Waals surface area contributed by atoms with Crippen LogP contribution in [-0.2, 0) is 4.74 Å². The lowest BCUT2D eigenvalue weighted by Gasteiger charge is -2.14. The van der Waals surface area contributed by atoms with Gasteiger partial charge in [0.1, 0.15) is 0 Å². The van der Waals surface area contributed by atoms with Gasteiger partial charge in [-0.2, -0.15) is 5.06 Å². The molecule has 0 radical (unpaired) electrons. The van der Waals surface area contributed by atoms with Crippen molar-refractivity contribution in [3.63, 3.8) is 0 Å². The number of hydrogen-bond acceptors (Lipinski definition) is 3. The number of hydroxylamine groups is 1. The molecule has 0 aliphatic carbocycles. The van der Waals surface area contributed by atoms with Gasteiger partial charge in [-0.3, -0.25) is 5.21 Å². The molecule has 0 aromatic heterocycles. The third kappa shape index (κ3) is 4.19. The fourth-order valence-electron chi connectivity index (χ4n) is 1.77. The normalized spacial score (nSPS) is 10.6. The molecule has 0 saturated heterocycles. The van der Waals surface area contributed by atoms with E-state index in [-0.39, 0.29) is 6.61 Å². The first kappa shape index (κ1) is 14.8. The standard InChI is InChI=1S/C17H17NO3/c1-2-21-17(19)18(20)16-12-10-15(11-13-16)9-8-14-6-4-3-5-7-14/h3-13,20H,2H2,1H3/b9-8-. The molecular weight excluding hydrogens is 266 g/mol. The van der Waals surface area contributed by atoms with Crippen molar-refractivity contribution in [3.05, 3.63) is 65.7 Å². The molecule has 2 rings (SSSR count). The Balaban J connectivity index is 2.05. The summed E-state index contributed by atoms with van der Waals surface area (Å²) in [5, 5.41) is 10.2. The number of nitrogens with zero attached hydrogens (tertiary/aromatic N) is 1. The summed E-state index contributed by atoms with van der Waals surface area (Å²) in [6, 6.07) is 16.9. The third-order valence-electron chi connectivity index (χ3n) is 2.85. The molecule has 0 atom stereocenters. The Morgan fingerprint density at radius 1 is 1.05 bits per heavy atom. The molecule has 0 bridgehead atoms. The lowest BCUT2D eigenvalue weighted by atomic mass is 10.1. The largest absolute Gasteiger partial charge is 0.448 e. The third-order valence-corrected chi connectivity index (χ3v) is 2.85. The van der Waals surface area contributed by atoms with Crippen molar-refractivity contribution in [2.45, 2.75) is 6.92 Å². The molecule has 0 heterocycles. The summed E-state index contributed by atoms with van der Waals surface area (Å²) in [6.45, 7) is 1.90. The molecule has 4 nitrogen and oxygen atoms in total. The Bertz CT molecular complexity index is 606. The molecule has 0 unspecified atom stereocenters. The molecule has 0 spiro atoms. The molecule has 4 heteroatoms. The summed E-state index contributed by atoms with van der Waals surface area (Å²) in [6.07, 6.45) is 3.17. The highest BCUT2D eigenvalue weighted by Gasteiger charge is 2.13. The molecule has 2 aromatic carbocycles. The van der Waals surface area contributed by atoms with Gasteiger partial charge < -0.3 is 4.74 Å². The highest BCUT2D eigenvalue weighted by Crippen LogP contribution is 2.16. The van der Waals surface area contributed by atoms with Gasteiger partial charge in [0.05, 0.1) is 12.3 Å². The molecule has 0 aliphatic rings. The van der Waals surface area contributed by atoms with Gasteiger partial charge in [0.2, 0.25) is 0 Å². The van der Waals surface area contributed by atoms with E-state index in [0.29, 0.717) is 10.8 Å². The maximum atomic E-state index is 11.4. The van der Waals surface area contributed by atoms with E-state index < -0.39 is 6.09 Å². The van der Waals surface area contributed by atoms with Gasteiger partial charge in [0.15, 0.2) is 0 Å². The maximum Gasteiger partial charge on any atom is 0.438 e. The summed E-state index contributed by atoms with van der Waals surface area (Å²) in [7, 11) is 0. The van der Waals surface area contributed by atoms with Crippen molar-refractivity contribution in [1.82, 2.24) is 0 Å². The van der Waals surface area contributed by atoms with Crippen LogP contribution in [0.3, 0.4) is 0 Å². The Morgan fingerprint density at radius 2 is 1.62 bits per heavy atom. The van der Waals surface area contributed by atoms with Gasteiger partial charge in [-0.25, -0.2) is 4.79 Å². The van der Waals surface area contributed by atoms with E-state index in [1.54, 1.807) is 19.1 Å². The Morgan fingerprint density at radius 3 is 2.19 bits per heavy atom. The molecule has 21 heavy (non-hydrogen) atoms. The van der Waals surface area contributed by atoms with E-state index in [1.165, 1.54) is 0 Å². The monoisotopic (exact) mass is 283 g/mol. The Labute approximate surface area is 123 Å². The number of benzene rings is 2. The topological polar surface area (TPSA) is 49.8 Å². The van der Waals surface area contributed by atoms with Gasteiger partial charge in [-0.05, 0) is 30.2 Å². The second-order valence-electron chi connectivity index (χ2n) is 4.35. The van der Waals surface area contributed by atoms with Crippen LogP contribution in [0.5, 0.6) is 0 Å². The number of amides is 1. The average molecular weight is 283 g/mol. The molecular formula is C17H17NO3. The number of rotatable bonds is 4. The van der Waals surface area contributed by atoms with Crippen molar-refractivity contribution in [2.24, 2.45) is 0 Å². The lowest BCUT2D eigenvalue weighted by molar-refractivity contribution is 0.125. The minimum Gasteiger partial charge on any atom is -0.448 e. The van der Waals surface area contributed by atoms with E-state index >= 15 is 0 Å². The van der Waals surface area contributed by atoms with Crippen LogP contribution in [0.2, 0.25) is 0 Å². The first-order valence-corrected chi connectivity index (χ1v) is 6.69. The highest BCUT2D eigenvalue weighted by molar-refractivity contribution is 5.85. The Hall–Kier alpha value is -2.59. The van der Waals surface area contributed by atoms with Gasteiger partial charge in [-0.15, -0.1) is 0 Å². The molecule has 2 aromatic rings. The molecule has 1 amide bonds. The Kier molecular flexibility index (Phi) is 5.12. The van der Waals surface area contributed by atoms with Gasteiger partial charge >= 0.3 is 6.09 Å². The summed E-state index contributed by atoms with van der Waals surface area (Å²) in [5.74, 6) is 0. The number of anilines is 1. The van der Waals surface area contributed by atoms with E-state index in [2.05, 4.69) is 0 Å². The van der Waals surface area contributed by atoms with Gasteiger partial charge in [0.25, 0.3) is 0 Å². The number of ether oxygens (including phenoxy) is 1. The number of carbonyl (C=O) groups is 1. The fourth-order valence-corrected chi connectivity index (χ4v) is 1.77. The maximum absolute atomic E-state index is 11.4. The first-order valence-electron chi connectivity index (χ1n) is 6.69. The van der Waals surface area contributed by atoms with Crippen LogP contribution in [-0.4, -0.2) is 17.9 Å². The van der Waals surface area contributed by atoms with Crippen LogP contribution < -0.4 is 5.06 Å². The van der Waals surface area contributed by atoms with Crippen molar-refractivity contribution < 1.29 is 14.7 Å².